The molecule has 0 fully saturated rings. The van der Waals surface area contributed by atoms with Gasteiger partial charge < -0.3 is 16.8 Å². The maximum absolute atomic E-state index is 11.9. The maximum atomic E-state index is 11.9. The average Bonchev–Trinajstić information content (AvgIpc) is 3.10. The van der Waals surface area contributed by atoms with E-state index in [9.17, 15) is 4.79 Å². The predicted molar refractivity (Wildman–Crippen MR) is 156 cm³/mol. The molecular weight excluding hydrogens is 470 g/mol. The molecule has 5 N–H and O–H groups in total. The minimum Gasteiger partial charge on any atom is -0.398 e. The monoisotopic (exact) mass is 501 g/mol. The van der Waals surface area contributed by atoms with Crippen LogP contribution in [0.15, 0.2) is 127 Å². The van der Waals surface area contributed by atoms with Crippen LogP contribution in [-0.2, 0) is 11.2 Å². The van der Waals surface area contributed by atoms with Gasteiger partial charge in [-0.1, -0.05) is 92.4 Å². The third-order valence-electron chi connectivity index (χ3n) is 6.00. The van der Waals surface area contributed by atoms with Crippen LogP contribution in [-0.4, -0.2) is 16.7 Å². The van der Waals surface area contributed by atoms with E-state index in [0.717, 1.165) is 28.1 Å². The molecule has 1 aliphatic rings. The van der Waals surface area contributed by atoms with Gasteiger partial charge in [0.15, 0.2) is 5.82 Å². The summed E-state index contributed by atoms with van der Waals surface area (Å²) in [5.74, 6) is 0.458. The number of allylic oxidation sites excluding steroid dienone is 5. The molecule has 0 spiro atoms. The molecule has 1 atom stereocenters. The maximum Gasteiger partial charge on any atom is 0.247 e. The molecule has 4 rings (SSSR count). The van der Waals surface area contributed by atoms with Crippen molar-refractivity contribution in [2.45, 2.75) is 13.3 Å². The fourth-order valence-electron chi connectivity index (χ4n) is 4.09. The number of benzene rings is 2. The van der Waals surface area contributed by atoms with Gasteiger partial charge in [0.2, 0.25) is 5.91 Å². The molecule has 0 radical (unpaired) electrons. The Morgan fingerprint density at radius 2 is 1.76 bits per heavy atom. The van der Waals surface area contributed by atoms with Gasteiger partial charge in [-0.3, -0.25) is 4.79 Å². The van der Waals surface area contributed by atoms with Gasteiger partial charge in [-0.05, 0) is 53.0 Å². The largest absolute Gasteiger partial charge is 0.398 e. The number of rotatable bonds is 8. The van der Waals surface area contributed by atoms with Crippen LogP contribution in [0.4, 0.5) is 5.82 Å². The number of amidine groups is 1. The predicted octanol–water partition coefficient (Wildman–Crippen LogP) is 5.44. The zero-order valence-electron chi connectivity index (χ0n) is 21.3. The van der Waals surface area contributed by atoms with Crippen molar-refractivity contribution in [3.8, 4) is 0 Å². The number of nitrogens with two attached hydrogens (primary N) is 2. The van der Waals surface area contributed by atoms with Crippen LogP contribution >= 0.6 is 0 Å². The molecule has 0 saturated heterocycles. The summed E-state index contributed by atoms with van der Waals surface area (Å²) in [4.78, 5) is 21.3. The zero-order chi connectivity index (χ0) is 26.9. The summed E-state index contributed by atoms with van der Waals surface area (Å²) in [7, 11) is 0. The molecule has 0 unspecified atom stereocenters. The molecule has 38 heavy (non-hydrogen) atoms. The second-order valence-electron chi connectivity index (χ2n) is 8.97. The number of nitrogens with zero attached hydrogens (tertiary/aromatic N) is 2. The minimum atomic E-state index is -0.244. The van der Waals surface area contributed by atoms with Crippen molar-refractivity contribution in [1.29, 1.82) is 0 Å². The van der Waals surface area contributed by atoms with E-state index in [1.807, 2.05) is 79.7 Å². The highest BCUT2D eigenvalue weighted by molar-refractivity contribution is 5.98. The normalized spacial score (nSPS) is 15.8. The number of carbonyl (C=O) groups excluding carboxylic acids is 1. The lowest BCUT2D eigenvalue weighted by molar-refractivity contribution is -0.115. The summed E-state index contributed by atoms with van der Waals surface area (Å²) >= 11 is 0. The van der Waals surface area contributed by atoms with Gasteiger partial charge in [-0.15, -0.1) is 0 Å². The first-order chi connectivity index (χ1) is 18.4. The van der Waals surface area contributed by atoms with Crippen molar-refractivity contribution in [2.75, 3.05) is 0 Å². The summed E-state index contributed by atoms with van der Waals surface area (Å²) < 4.78 is 0. The van der Waals surface area contributed by atoms with Crippen LogP contribution in [0.2, 0.25) is 0 Å². The van der Waals surface area contributed by atoms with Gasteiger partial charge in [-0.2, -0.15) is 0 Å². The lowest BCUT2D eigenvalue weighted by Gasteiger charge is -2.13. The minimum absolute atomic E-state index is 0.0471. The standard InChI is InChI=1S/C32H31N5O/c1-3-32(38)36-28-16-10-15-26(17-22(28)2)29-19-24(18-23-11-6-4-7-12-23)20-31(35-29)37-30(34)21-27(33)25-13-8-5-9-14-25/h3-17,19-22H,1,18,33H2,2H3,(H,36,38)(H2,34,35,37)/b27-21-/t22-/m1/s1. The lowest BCUT2D eigenvalue weighted by atomic mass is 10.00. The van der Waals surface area contributed by atoms with Crippen LogP contribution in [0.25, 0.3) is 11.3 Å². The fraction of sp³-hybridized carbons (Fsp3) is 0.0938. The topological polar surface area (TPSA) is 106 Å². The third-order valence-corrected chi connectivity index (χ3v) is 6.00. The van der Waals surface area contributed by atoms with Crippen molar-refractivity contribution in [3.05, 3.63) is 144 Å². The number of aliphatic imine (C=N–C) groups is 1. The Morgan fingerprint density at radius 1 is 1.05 bits per heavy atom. The van der Waals surface area contributed by atoms with Crippen LogP contribution in [0.5, 0.6) is 0 Å². The Kier molecular flexibility index (Phi) is 8.46. The Bertz CT molecular complexity index is 1460. The van der Waals surface area contributed by atoms with E-state index in [1.165, 1.54) is 11.6 Å². The Morgan fingerprint density at radius 3 is 2.47 bits per heavy atom. The summed E-state index contributed by atoms with van der Waals surface area (Å²) in [6.07, 6.45) is 11.4. The van der Waals surface area contributed by atoms with Crippen LogP contribution in [0.1, 0.15) is 29.3 Å². The number of carbonyl (C=O) groups is 1. The van der Waals surface area contributed by atoms with E-state index in [1.54, 1.807) is 6.08 Å². The van der Waals surface area contributed by atoms with E-state index in [0.29, 0.717) is 17.9 Å². The van der Waals surface area contributed by atoms with E-state index >= 15 is 0 Å². The van der Waals surface area contributed by atoms with Gasteiger partial charge in [0.05, 0.1) is 5.69 Å². The highest BCUT2D eigenvalue weighted by Crippen LogP contribution is 2.27. The van der Waals surface area contributed by atoms with Crippen molar-refractivity contribution in [2.24, 2.45) is 22.4 Å². The van der Waals surface area contributed by atoms with Crippen molar-refractivity contribution in [1.82, 2.24) is 10.3 Å². The van der Waals surface area contributed by atoms with Crippen LogP contribution in [0, 0.1) is 5.92 Å². The second kappa shape index (κ2) is 12.3. The summed E-state index contributed by atoms with van der Waals surface area (Å²) in [5.41, 5.74) is 18.6. The summed E-state index contributed by atoms with van der Waals surface area (Å²) in [6, 6.07) is 23.8. The summed E-state index contributed by atoms with van der Waals surface area (Å²) in [5, 5.41) is 2.87. The number of hydrogen-bond donors (Lipinski definition) is 3. The fourth-order valence-corrected chi connectivity index (χ4v) is 4.09. The van der Waals surface area contributed by atoms with E-state index in [4.69, 9.17) is 16.5 Å². The highest BCUT2D eigenvalue weighted by atomic mass is 16.1. The highest BCUT2D eigenvalue weighted by Gasteiger charge is 2.14. The molecule has 1 aliphatic carbocycles. The van der Waals surface area contributed by atoms with Gasteiger partial charge in [-0.25, -0.2) is 9.98 Å². The molecule has 0 aliphatic heterocycles. The smallest absolute Gasteiger partial charge is 0.247 e. The first-order valence-electron chi connectivity index (χ1n) is 12.4. The number of hydrogen-bond acceptors (Lipinski definition) is 4. The zero-order valence-corrected chi connectivity index (χ0v) is 21.3. The number of aromatic nitrogens is 1. The van der Waals surface area contributed by atoms with Crippen LogP contribution < -0.4 is 16.8 Å². The van der Waals surface area contributed by atoms with Crippen molar-refractivity contribution >= 4 is 28.8 Å². The van der Waals surface area contributed by atoms with Gasteiger partial charge in [0, 0.05) is 23.4 Å². The second-order valence-corrected chi connectivity index (χ2v) is 8.97. The number of amides is 1. The SMILES string of the molecule is C=CC(=O)NC1=CC=CC(c2cc(Cc3ccccc3)cc(N=C(N)/C=C(\N)c3ccccc3)n2)=C[C@H]1C. The first kappa shape index (κ1) is 26.1. The molecule has 1 amide bonds. The molecule has 2 aromatic carbocycles. The number of pyridine rings is 1. The summed E-state index contributed by atoms with van der Waals surface area (Å²) in [6.45, 7) is 5.55. The van der Waals surface area contributed by atoms with Crippen LogP contribution in [0.3, 0.4) is 0 Å². The van der Waals surface area contributed by atoms with Gasteiger partial charge in [0.25, 0.3) is 0 Å². The van der Waals surface area contributed by atoms with Gasteiger partial charge >= 0.3 is 0 Å². The molecule has 1 heterocycles. The molecule has 190 valence electrons. The van der Waals surface area contributed by atoms with Crippen molar-refractivity contribution in [3.63, 3.8) is 0 Å². The van der Waals surface area contributed by atoms with E-state index in [-0.39, 0.29) is 17.7 Å². The Balaban J connectivity index is 1.70. The quantitative estimate of drug-likeness (QED) is 0.217. The Labute approximate surface area is 223 Å². The molecule has 1 aromatic heterocycles. The third kappa shape index (κ3) is 7.04. The Hall–Kier alpha value is -4.97. The molecule has 6 nitrogen and oxygen atoms in total. The van der Waals surface area contributed by atoms with E-state index < -0.39 is 0 Å². The molecule has 6 heteroatoms. The molecule has 0 bridgehead atoms. The molecular formula is C32H31N5O. The first-order valence-corrected chi connectivity index (χ1v) is 12.4. The van der Waals surface area contributed by atoms with Crippen molar-refractivity contribution < 1.29 is 4.79 Å². The van der Waals surface area contributed by atoms with Gasteiger partial charge in [0.1, 0.15) is 5.84 Å². The molecule has 3 aromatic rings. The van der Waals surface area contributed by atoms with E-state index in [2.05, 4.69) is 41.2 Å². The lowest BCUT2D eigenvalue weighted by Crippen LogP contribution is -2.23. The molecule has 0 saturated carbocycles. The average molecular weight is 502 g/mol. The number of nitrogens with one attached hydrogen (secondary N) is 1.